The van der Waals surface area contributed by atoms with Crippen LogP contribution in [0.5, 0.6) is 5.75 Å². The molecule has 0 radical (unpaired) electrons. The van der Waals surface area contributed by atoms with E-state index in [9.17, 15) is 4.79 Å². The quantitative estimate of drug-likeness (QED) is 0.685. The van der Waals surface area contributed by atoms with Gasteiger partial charge in [-0.25, -0.2) is 0 Å². The van der Waals surface area contributed by atoms with Gasteiger partial charge < -0.3 is 10.1 Å². The smallest absolute Gasteiger partial charge is 0.261 e. The zero-order valence-electron chi connectivity index (χ0n) is 13.9. The van der Waals surface area contributed by atoms with Crippen molar-refractivity contribution in [2.75, 3.05) is 0 Å². The number of hydrogen-bond donors (Lipinski definition) is 1. The van der Waals surface area contributed by atoms with Gasteiger partial charge in [0, 0.05) is 11.6 Å². The number of benzene rings is 2. The van der Waals surface area contributed by atoms with Crippen LogP contribution in [-0.2, 0) is 6.61 Å². The number of ether oxygens (including phenoxy) is 1. The van der Waals surface area contributed by atoms with Gasteiger partial charge in [0.1, 0.15) is 12.4 Å². The zero-order valence-corrected chi connectivity index (χ0v) is 14.7. The van der Waals surface area contributed by atoms with Crippen LogP contribution in [0.25, 0.3) is 10.8 Å². The maximum absolute atomic E-state index is 12.1. The Kier molecular flexibility index (Phi) is 5.16. The molecule has 0 bridgehead atoms. The number of carbonyl (C=O) groups is 1. The highest BCUT2D eigenvalue weighted by Crippen LogP contribution is 2.22. The van der Waals surface area contributed by atoms with Gasteiger partial charge in [-0.3, -0.25) is 4.79 Å². The van der Waals surface area contributed by atoms with Crippen molar-refractivity contribution in [3.63, 3.8) is 0 Å². The Morgan fingerprint density at radius 3 is 2.75 bits per heavy atom. The normalized spacial score (nSPS) is 12.1. The number of nitrogens with one attached hydrogen (secondary N) is 1. The van der Waals surface area contributed by atoms with E-state index in [1.165, 1.54) is 16.7 Å². The van der Waals surface area contributed by atoms with Crippen LogP contribution >= 0.6 is 11.3 Å². The average Bonchev–Trinajstić information content (AvgIpc) is 3.09. The van der Waals surface area contributed by atoms with Crippen molar-refractivity contribution >= 4 is 28.0 Å². The summed E-state index contributed by atoms with van der Waals surface area (Å²) in [7, 11) is 0. The minimum absolute atomic E-state index is 0.00805. The molecule has 3 nitrogen and oxygen atoms in total. The second-order valence-corrected chi connectivity index (χ2v) is 6.81. The first-order valence-electron chi connectivity index (χ1n) is 8.15. The molecule has 24 heavy (non-hydrogen) atoms. The molecule has 1 unspecified atom stereocenters. The Morgan fingerprint density at radius 1 is 1.17 bits per heavy atom. The first-order chi connectivity index (χ1) is 11.7. The summed E-state index contributed by atoms with van der Waals surface area (Å²) < 4.78 is 5.87. The monoisotopic (exact) mass is 339 g/mol. The van der Waals surface area contributed by atoms with Crippen LogP contribution in [0.4, 0.5) is 0 Å². The number of fused-ring (bicyclic) bond motifs is 1. The molecule has 1 aromatic heterocycles. The Balaban J connectivity index is 1.63. The van der Waals surface area contributed by atoms with Crippen LogP contribution < -0.4 is 10.1 Å². The maximum Gasteiger partial charge on any atom is 0.261 e. The van der Waals surface area contributed by atoms with Gasteiger partial charge in [-0.1, -0.05) is 37.3 Å². The van der Waals surface area contributed by atoms with Crippen LogP contribution in [0.1, 0.15) is 35.5 Å². The second-order valence-electron chi connectivity index (χ2n) is 5.90. The fraction of sp³-hybridized carbons (Fsp3) is 0.250. The summed E-state index contributed by atoms with van der Waals surface area (Å²) >= 11 is 1.46. The molecule has 1 amide bonds. The van der Waals surface area contributed by atoms with Crippen LogP contribution in [-0.4, -0.2) is 11.9 Å². The van der Waals surface area contributed by atoms with Crippen molar-refractivity contribution in [2.45, 2.75) is 32.9 Å². The molecule has 3 aromatic rings. The lowest BCUT2D eigenvalue weighted by atomic mass is 10.1. The lowest BCUT2D eigenvalue weighted by Crippen LogP contribution is -2.31. The summed E-state index contributed by atoms with van der Waals surface area (Å²) in [5, 5.41) is 7.32. The fourth-order valence-electron chi connectivity index (χ4n) is 2.39. The summed E-state index contributed by atoms with van der Waals surface area (Å²) in [6.45, 7) is 4.53. The van der Waals surface area contributed by atoms with Crippen LogP contribution in [0.2, 0.25) is 0 Å². The lowest BCUT2D eigenvalue weighted by Gasteiger charge is -2.09. The number of amides is 1. The highest BCUT2D eigenvalue weighted by molar-refractivity contribution is 7.12. The lowest BCUT2D eigenvalue weighted by molar-refractivity contribution is 0.0943. The highest BCUT2D eigenvalue weighted by Gasteiger charge is 2.11. The van der Waals surface area contributed by atoms with E-state index in [0.717, 1.165) is 28.0 Å². The molecule has 0 fully saturated rings. The van der Waals surface area contributed by atoms with E-state index in [-0.39, 0.29) is 11.9 Å². The first-order valence-corrected chi connectivity index (χ1v) is 9.03. The van der Waals surface area contributed by atoms with Gasteiger partial charge in [0.25, 0.3) is 5.91 Å². The molecule has 1 N–H and O–H groups in total. The number of thiophene rings is 1. The standard InChI is InChI=1S/C20H21NO2S/c1-3-14(2)21-20(22)19-10-15(13-24-19)12-23-18-9-8-16-6-4-5-7-17(16)11-18/h4-11,13-14H,3,12H2,1-2H3,(H,21,22). The van der Waals surface area contributed by atoms with E-state index in [0.29, 0.717) is 6.61 Å². The van der Waals surface area contributed by atoms with Crippen molar-refractivity contribution in [1.82, 2.24) is 5.32 Å². The third kappa shape index (κ3) is 3.95. The number of hydrogen-bond acceptors (Lipinski definition) is 3. The van der Waals surface area contributed by atoms with Crippen molar-refractivity contribution < 1.29 is 9.53 Å². The highest BCUT2D eigenvalue weighted by atomic mass is 32.1. The molecule has 0 aliphatic carbocycles. The molecule has 0 saturated heterocycles. The van der Waals surface area contributed by atoms with Gasteiger partial charge in [-0.15, -0.1) is 11.3 Å². The topological polar surface area (TPSA) is 38.3 Å². The molecule has 2 aromatic carbocycles. The molecule has 124 valence electrons. The minimum Gasteiger partial charge on any atom is -0.489 e. The summed E-state index contributed by atoms with van der Waals surface area (Å²) in [4.78, 5) is 12.8. The van der Waals surface area contributed by atoms with Crippen LogP contribution in [0.3, 0.4) is 0 Å². The molecule has 3 rings (SSSR count). The van der Waals surface area contributed by atoms with Crippen molar-refractivity contribution in [2.24, 2.45) is 0 Å². The molecule has 0 aliphatic rings. The Labute approximate surface area is 146 Å². The van der Waals surface area contributed by atoms with E-state index in [1.54, 1.807) is 0 Å². The Morgan fingerprint density at radius 2 is 1.96 bits per heavy atom. The SMILES string of the molecule is CCC(C)NC(=O)c1cc(COc2ccc3ccccc3c2)cs1. The third-order valence-electron chi connectivity index (χ3n) is 3.99. The maximum atomic E-state index is 12.1. The molecule has 1 atom stereocenters. The number of carbonyl (C=O) groups excluding carboxylic acids is 1. The second kappa shape index (κ2) is 7.49. The van der Waals surface area contributed by atoms with Gasteiger partial charge in [-0.05, 0) is 47.7 Å². The van der Waals surface area contributed by atoms with Gasteiger partial charge in [-0.2, -0.15) is 0 Å². The summed E-state index contributed by atoms with van der Waals surface area (Å²) in [5.74, 6) is 0.830. The van der Waals surface area contributed by atoms with E-state index in [4.69, 9.17) is 4.74 Å². The molecular formula is C20H21NO2S. The minimum atomic E-state index is -0.00805. The molecule has 0 aliphatic heterocycles. The largest absolute Gasteiger partial charge is 0.489 e. The van der Waals surface area contributed by atoms with Gasteiger partial charge >= 0.3 is 0 Å². The molecule has 4 heteroatoms. The van der Waals surface area contributed by atoms with Gasteiger partial charge in [0.15, 0.2) is 0 Å². The fourth-order valence-corrected chi connectivity index (χ4v) is 3.19. The third-order valence-corrected chi connectivity index (χ3v) is 4.97. The molecule has 0 saturated carbocycles. The summed E-state index contributed by atoms with van der Waals surface area (Å²) in [6.07, 6.45) is 0.926. The summed E-state index contributed by atoms with van der Waals surface area (Å²) in [6, 6.07) is 16.4. The Bertz CT molecular complexity index is 840. The Hall–Kier alpha value is -2.33. The van der Waals surface area contributed by atoms with Crippen LogP contribution in [0.15, 0.2) is 53.9 Å². The van der Waals surface area contributed by atoms with Gasteiger partial charge in [0.2, 0.25) is 0 Å². The van der Waals surface area contributed by atoms with Crippen molar-refractivity contribution in [3.05, 3.63) is 64.4 Å². The van der Waals surface area contributed by atoms with E-state index < -0.39 is 0 Å². The van der Waals surface area contributed by atoms with Crippen molar-refractivity contribution in [3.8, 4) is 5.75 Å². The molecule has 0 spiro atoms. The predicted molar refractivity (Wildman–Crippen MR) is 99.8 cm³/mol. The van der Waals surface area contributed by atoms with Gasteiger partial charge in [0.05, 0.1) is 4.88 Å². The van der Waals surface area contributed by atoms with Crippen LogP contribution in [0, 0.1) is 0 Å². The van der Waals surface area contributed by atoms with Crippen molar-refractivity contribution in [1.29, 1.82) is 0 Å². The zero-order chi connectivity index (χ0) is 16.9. The molecular weight excluding hydrogens is 318 g/mol. The average molecular weight is 339 g/mol. The van der Waals surface area contributed by atoms with E-state index >= 15 is 0 Å². The summed E-state index contributed by atoms with van der Waals surface area (Å²) in [5.41, 5.74) is 1.02. The first kappa shape index (κ1) is 16.5. The van der Waals surface area contributed by atoms with E-state index in [1.807, 2.05) is 42.6 Å². The van der Waals surface area contributed by atoms with E-state index in [2.05, 4.69) is 30.4 Å². The number of rotatable bonds is 6. The predicted octanol–water partition coefficient (Wildman–Crippen LogP) is 5.01. The molecule has 1 heterocycles.